The summed E-state index contributed by atoms with van der Waals surface area (Å²) in [6.07, 6.45) is 3.18. The van der Waals surface area contributed by atoms with Gasteiger partial charge in [-0.05, 0) is 56.7 Å². The molecule has 7 heteroatoms. The van der Waals surface area contributed by atoms with Crippen LogP contribution >= 0.6 is 0 Å². The molecule has 0 radical (unpaired) electrons. The number of anilines is 1. The zero-order chi connectivity index (χ0) is 20.5. The molecule has 1 unspecified atom stereocenters. The standard InChI is InChI=1S/C22H21N5O2/c1-14-12-15(2)26(25-14)18-6-4-17(5-7-18)16(3)24-21-8-9-22(27(28)29)20-13-23-11-10-19(20)21/h4-13,16,24H,1-3H3. The minimum atomic E-state index is -0.380. The molecule has 0 bridgehead atoms. The Morgan fingerprint density at radius 1 is 1.07 bits per heavy atom. The average molecular weight is 387 g/mol. The summed E-state index contributed by atoms with van der Waals surface area (Å²) in [6, 6.07) is 15.4. The Morgan fingerprint density at radius 3 is 2.48 bits per heavy atom. The fraction of sp³-hybridized carbons (Fsp3) is 0.182. The lowest BCUT2D eigenvalue weighted by Gasteiger charge is -2.18. The molecule has 1 atom stereocenters. The van der Waals surface area contributed by atoms with E-state index in [-0.39, 0.29) is 16.7 Å². The number of aryl methyl sites for hydroxylation is 2. The number of nitro groups is 1. The minimum Gasteiger partial charge on any atom is -0.378 e. The van der Waals surface area contributed by atoms with Gasteiger partial charge in [0.15, 0.2) is 0 Å². The minimum absolute atomic E-state index is 0.0160. The van der Waals surface area contributed by atoms with Crippen LogP contribution < -0.4 is 5.32 Å². The third-order valence-corrected chi connectivity index (χ3v) is 5.01. The number of hydrogen-bond acceptors (Lipinski definition) is 5. The van der Waals surface area contributed by atoms with Gasteiger partial charge in [-0.2, -0.15) is 5.10 Å². The zero-order valence-electron chi connectivity index (χ0n) is 16.5. The quantitative estimate of drug-likeness (QED) is 0.379. The molecule has 0 saturated heterocycles. The predicted octanol–water partition coefficient (Wildman–Crippen LogP) is 5.12. The summed E-state index contributed by atoms with van der Waals surface area (Å²) in [7, 11) is 0. The van der Waals surface area contributed by atoms with Gasteiger partial charge in [-0.25, -0.2) is 4.68 Å². The van der Waals surface area contributed by atoms with Gasteiger partial charge in [0, 0.05) is 41.3 Å². The van der Waals surface area contributed by atoms with E-state index < -0.39 is 0 Å². The van der Waals surface area contributed by atoms with Gasteiger partial charge in [0.05, 0.1) is 21.7 Å². The molecule has 0 aliphatic rings. The average Bonchev–Trinajstić information content (AvgIpc) is 3.06. The summed E-state index contributed by atoms with van der Waals surface area (Å²) >= 11 is 0. The van der Waals surface area contributed by atoms with E-state index in [0.29, 0.717) is 5.39 Å². The van der Waals surface area contributed by atoms with Crippen molar-refractivity contribution in [1.82, 2.24) is 14.8 Å². The number of fused-ring (bicyclic) bond motifs is 1. The van der Waals surface area contributed by atoms with Crippen molar-refractivity contribution in [2.24, 2.45) is 0 Å². The van der Waals surface area contributed by atoms with Crippen molar-refractivity contribution in [3.63, 3.8) is 0 Å². The molecule has 0 spiro atoms. The fourth-order valence-electron chi connectivity index (χ4n) is 3.57. The number of nitrogens with one attached hydrogen (secondary N) is 1. The first kappa shape index (κ1) is 18.6. The van der Waals surface area contributed by atoms with Gasteiger partial charge in [-0.15, -0.1) is 0 Å². The van der Waals surface area contributed by atoms with Crippen molar-refractivity contribution in [2.75, 3.05) is 5.32 Å². The summed E-state index contributed by atoms with van der Waals surface area (Å²) in [4.78, 5) is 15.0. The second-order valence-corrected chi connectivity index (χ2v) is 7.11. The van der Waals surface area contributed by atoms with Gasteiger partial charge in [0.25, 0.3) is 5.69 Å². The largest absolute Gasteiger partial charge is 0.378 e. The number of pyridine rings is 1. The molecule has 2 aromatic heterocycles. The maximum Gasteiger partial charge on any atom is 0.278 e. The molecule has 7 nitrogen and oxygen atoms in total. The van der Waals surface area contributed by atoms with E-state index in [1.54, 1.807) is 18.3 Å². The van der Waals surface area contributed by atoms with Crippen LogP contribution in [0.4, 0.5) is 11.4 Å². The van der Waals surface area contributed by atoms with Gasteiger partial charge >= 0.3 is 0 Å². The maximum atomic E-state index is 11.3. The molecule has 0 fully saturated rings. The van der Waals surface area contributed by atoms with Gasteiger partial charge < -0.3 is 5.32 Å². The highest BCUT2D eigenvalue weighted by molar-refractivity contribution is 5.99. The van der Waals surface area contributed by atoms with Crippen molar-refractivity contribution in [1.29, 1.82) is 0 Å². The van der Waals surface area contributed by atoms with Crippen LogP contribution in [0.3, 0.4) is 0 Å². The highest BCUT2D eigenvalue weighted by atomic mass is 16.6. The lowest BCUT2D eigenvalue weighted by atomic mass is 10.1. The smallest absolute Gasteiger partial charge is 0.278 e. The van der Waals surface area contributed by atoms with Crippen molar-refractivity contribution >= 4 is 22.1 Å². The number of aromatic nitrogens is 3. The number of benzene rings is 2. The van der Waals surface area contributed by atoms with Crippen LogP contribution in [0.25, 0.3) is 16.5 Å². The molecular weight excluding hydrogens is 366 g/mol. The first-order chi connectivity index (χ1) is 13.9. The van der Waals surface area contributed by atoms with E-state index >= 15 is 0 Å². The van der Waals surface area contributed by atoms with Crippen LogP contribution in [0.15, 0.2) is 60.9 Å². The molecule has 2 aromatic carbocycles. The van der Waals surface area contributed by atoms with Crippen LogP contribution in [-0.2, 0) is 0 Å². The van der Waals surface area contributed by atoms with Crippen LogP contribution in [0.2, 0.25) is 0 Å². The van der Waals surface area contributed by atoms with Crippen LogP contribution in [0.5, 0.6) is 0 Å². The van der Waals surface area contributed by atoms with Gasteiger partial charge in [-0.1, -0.05) is 12.1 Å². The van der Waals surface area contributed by atoms with E-state index in [4.69, 9.17) is 0 Å². The summed E-state index contributed by atoms with van der Waals surface area (Å²) in [6.45, 7) is 6.08. The molecule has 4 aromatic rings. The van der Waals surface area contributed by atoms with E-state index in [1.165, 1.54) is 12.3 Å². The summed E-state index contributed by atoms with van der Waals surface area (Å²) in [5.41, 5.74) is 5.09. The molecule has 4 rings (SSSR count). The van der Waals surface area contributed by atoms with Crippen molar-refractivity contribution in [2.45, 2.75) is 26.8 Å². The number of nitrogens with zero attached hydrogens (tertiary/aromatic N) is 4. The van der Waals surface area contributed by atoms with Crippen LogP contribution in [0.1, 0.15) is 29.9 Å². The molecule has 1 N–H and O–H groups in total. The second-order valence-electron chi connectivity index (χ2n) is 7.11. The number of nitro benzene ring substituents is 1. The normalized spacial score (nSPS) is 12.1. The zero-order valence-corrected chi connectivity index (χ0v) is 16.5. The highest BCUT2D eigenvalue weighted by Gasteiger charge is 2.16. The first-order valence-electron chi connectivity index (χ1n) is 9.35. The Morgan fingerprint density at radius 2 is 1.83 bits per heavy atom. The summed E-state index contributed by atoms with van der Waals surface area (Å²) in [5, 5.41) is 20.6. The molecular formula is C22H21N5O2. The molecule has 0 aliphatic heterocycles. The topological polar surface area (TPSA) is 85.9 Å². The third kappa shape index (κ3) is 3.54. The lowest BCUT2D eigenvalue weighted by Crippen LogP contribution is -2.08. The van der Waals surface area contributed by atoms with Gasteiger partial charge in [0.2, 0.25) is 0 Å². The molecule has 0 saturated carbocycles. The van der Waals surface area contributed by atoms with Gasteiger partial charge in [0.1, 0.15) is 0 Å². The van der Waals surface area contributed by atoms with Gasteiger partial charge in [-0.3, -0.25) is 15.1 Å². The maximum absolute atomic E-state index is 11.3. The number of non-ortho nitro benzene ring substituents is 1. The van der Waals surface area contributed by atoms with Crippen molar-refractivity contribution < 1.29 is 4.92 Å². The number of hydrogen-bond donors (Lipinski definition) is 1. The Bertz CT molecular complexity index is 1200. The van der Waals surface area contributed by atoms with E-state index in [2.05, 4.69) is 34.5 Å². The highest BCUT2D eigenvalue weighted by Crippen LogP contribution is 2.32. The van der Waals surface area contributed by atoms with Crippen molar-refractivity contribution in [3.8, 4) is 5.69 Å². The Kier molecular flexibility index (Phi) is 4.72. The molecule has 2 heterocycles. The van der Waals surface area contributed by atoms with E-state index in [1.807, 2.05) is 36.7 Å². The lowest BCUT2D eigenvalue weighted by molar-refractivity contribution is -0.383. The summed E-state index contributed by atoms with van der Waals surface area (Å²) in [5.74, 6) is 0. The van der Waals surface area contributed by atoms with Crippen molar-refractivity contribution in [3.05, 3.63) is 88.0 Å². The molecule has 29 heavy (non-hydrogen) atoms. The predicted molar refractivity (Wildman–Crippen MR) is 113 cm³/mol. The second kappa shape index (κ2) is 7.35. The van der Waals surface area contributed by atoms with E-state index in [0.717, 1.165) is 33.7 Å². The van der Waals surface area contributed by atoms with Crippen LogP contribution in [0, 0.1) is 24.0 Å². The third-order valence-electron chi connectivity index (χ3n) is 5.01. The summed E-state index contributed by atoms with van der Waals surface area (Å²) < 4.78 is 1.92. The Labute approximate surface area is 168 Å². The monoisotopic (exact) mass is 387 g/mol. The molecule has 0 amide bonds. The van der Waals surface area contributed by atoms with E-state index in [9.17, 15) is 10.1 Å². The molecule has 0 aliphatic carbocycles. The fourth-order valence-corrected chi connectivity index (χ4v) is 3.57. The Balaban J connectivity index is 1.61. The van der Waals surface area contributed by atoms with Crippen LogP contribution in [-0.4, -0.2) is 19.7 Å². The first-order valence-corrected chi connectivity index (χ1v) is 9.35. The Hall–Kier alpha value is -3.74. The SMILES string of the molecule is Cc1cc(C)n(-c2ccc(C(C)Nc3ccc([N+](=O)[O-])c4cnccc34)cc2)n1. The molecule has 146 valence electrons. The number of rotatable bonds is 5.